The van der Waals surface area contributed by atoms with Crippen molar-refractivity contribution >= 4 is 11.9 Å². The van der Waals surface area contributed by atoms with Crippen LogP contribution < -0.4 is 5.32 Å². The molecular formula is C15H25N3O3. The van der Waals surface area contributed by atoms with Crippen molar-refractivity contribution in [2.75, 3.05) is 6.54 Å². The van der Waals surface area contributed by atoms with Crippen LogP contribution in [0, 0.1) is 25.2 Å². The van der Waals surface area contributed by atoms with Crippen LogP contribution >= 0.6 is 0 Å². The van der Waals surface area contributed by atoms with Crippen molar-refractivity contribution in [1.29, 1.82) is 0 Å². The average Bonchev–Trinajstić information content (AvgIpc) is 2.61. The number of aromatic nitrogens is 2. The maximum Gasteiger partial charge on any atom is 0.316 e. The molecule has 1 atom stereocenters. The van der Waals surface area contributed by atoms with E-state index in [1.54, 1.807) is 20.8 Å². The molecule has 1 aromatic rings. The first kappa shape index (κ1) is 17.2. The molecule has 1 rings (SSSR count). The summed E-state index contributed by atoms with van der Waals surface area (Å²) in [6.07, 6.45) is 0.712. The smallest absolute Gasteiger partial charge is 0.316 e. The van der Waals surface area contributed by atoms with Crippen LogP contribution in [0.1, 0.15) is 38.6 Å². The number of hydrogen-bond donors (Lipinski definition) is 2. The zero-order valence-corrected chi connectivity index (χ0v) is 13.4. The molecule has 0 aliphatic rings. The van der Waals surface area contributed by atoms with Crippen LogP contribution in [0.25, 0.3) is 0 Å². The number of nitrogens with one attached hydrogen (secondary N) is 1. The Balaban J connectivity index is 2.46. The van der Waals surface area contributed by atoms with Crippen molar-refractivity contribution in [2.24, 2.45) is 11.3 Å². The third-order valence-electron chi connectivity index (χ3n) is 3.32. The van der Waals surface area contributed by atoms with Crippen LogP contribution in [0.3, 0.4) is 0 Å². The third-order valence-corrected chi connectivity index (χ3v) is 3.32. The molecule has 0 spiro atoms. The normalized spacial score (nSPS) is 13.0. The van der Waals surface area contributed by atoms with Crippen molar-refractivity contribution < 1.29 is 14.7 Å². The van der Waals surface area contributed by atoms with Gasteiger partial charge >= 0.3 is 5.97 Å². The number of amides is 1. The zero-order valence-electron chi connectivity index (χ0n) is 13.4. The first-order valence-electron chi connectivity index (χ1n) is 7.14. The molecule has 1 unspecified atom stereocenters. The van der Waals surface area contributed by atoms with Crippen molar-refractivity contribution in [3.05, 3.63) is 17.5 Å². The number of carbonyl (C=O) groups excluding carboxylic acids is 1. The maximum atomic E-state index is 12.0. The zero-order chi connectivity index (χ0) is 16.2. The molecule has 0 aliphatic carbocycles. The lowest BCUT2D eigenvalue weighted by molar-refractivity contribution is -0.151. The Morgan fingerprint density at radius 1 is 1.38 bits per heavy atom. The van der Waals surface area contributed by atoms with Gasteiger partial charge in [0, 0.05) is 18.8 Å². The van der Waals surface area contributed by atoms with E-state index in [9.17, 15) is 14.7 Å². The number of nitrogens with zero attached hydrogens (tertiary/aromatic N) is 2. The van der Waals surface area contributed by atoms with E-state index in [0.29, 0.717) is 19.5 Å². The Hall–Kier alpha value is -1.85. The molecule has 1 amide bonds. The first-order chi connectivity index (χ1) is 9.62. The standard InChI is InChI=1S/C15H25N3O3/c1-10-9-11(2)18(17-10)8-6-7-16-13(19)12(14(20)21)15(3,4)5/h9,12H,6-8H2,1-5H3,(H,16,19)(H,20,21). The predicted molar refractivity (Wildman–Crippen MR) is 79.9 cm³/mol. The molecular weight excluding hydrogens is 270 g/mol. The lowest BCUT2D eigenvalue weighted by atomic mass is 9.80. The van der Waals surface area contributed by atoms with Gasteiger partial charge in [-0.25, -0.2) is 0 Å². The lowest BCUT2D eigenvalue weighted by Crippen LogP contribution is -2.43. The molecule has 0 aromatic carbocycles. The average molecular weight is 295 g/mol. The van der Waals surface area contributed by atoms with Gasteiger partial charge in [-0.1, -0.05) is 20.8 Å². The molecule has 0 saturated heterocycles. The summed E-state index contributed by atoms with van der Waals surface area (Å²) in [5, 5.41) is 16.2. The summed E-state index contributed by atoms with van der Waals surface area (Å²) in [6, 6.07) is 2.00. The number of carbonyl (C=O) groups is 2. The van der Waals surface area contributed by atoms with Gasteiger partial charge in [0.2, 0.25) is 5.91 Å². The number of carboxylic acid groups (broad SMARTS) is 1. The van der Waals surface area contributed by atoms with Crippen molar-refractivity contribution in [1.82, 2.24) is 15.1 Å². The highest BCUT2D eigenvalue weighted by Crippen LogP contribution is 2.26. The van der Waals surface area contributed by atoms with Crippen LogP contribution in [0.4, 0.5) is 0 Å². The quantitative estimate of drug-likeness (QED) is 0.618. The largest absolute Gasteiger partial charge is 0.481 e. The Labute approximate surface area is 125 Å². The molecule has 0 fully saturated rings. The van der Waals surface area contributed by atoms with Crippen molar-refractivity contribution in [3.8, 4) is 0 Å². The van der Waals surface area contributed by atoms with Crippen LogP contribution in [0.15, 0.2) is 6.07 Å². The van der Waals surface area contributed by atoms with Gasteiger partial charge in [0.05, 0.1) is 5.69 Å². The van der Waals surface area contributed by atoms with E-state index in [0.717, 1.165) is 11.4 Å². The Morgan fingerprint density at radius 2 is 2.00 bits per heavy atom. The minimum absolute atomic E-state index is 0.427. The summed E-state index contributed by atoms with van der Waals surface area (Å²) in [6.45, 7) is 10.3. The second kappa shape index (κ2) is 6.74. The van der Waals surface area contributed by atoms with Gasteiger partial charge in [-0.05, 0) is 31.7 Å². The van der Waals surface area contributed by atoms with Crippen LogP contribution in [0.5, 0.6) is 0 Å². The fraction of sp³-hybridized carbons (Fsp3) is 0.667. The highest BCUT2D eigenvalue weighted by molar-refractivity contribution is 5.97. The van der Waals surface area contributed by atoms with Crippen LogP contribution in [-0.2, 0) is 16.1 Å². The number of hydrogen-bond acceptors (Lipinski definition) is 3. The van der Waals surface area contributed by atoms with Gasteiger partial charge in [-0.3, -0.25) is 14.3 Å². The molecule has 0 bridgehead atoms. The van der Waals surface area contributed by atoms with E-state index in [4.69, 9.17) is 0 Å². The van der Waals surface area contributed by atoms with E-state index >= 15 is 0 Å². The molecule has 6 nitrogen and oxygen atoms in total. The Morgan fingerprint density at radius 3 is 2.43 bits per heavy atom. The predicted octanol–water partition coefficient (Wildman–Crippen LogP) is 1.75. The highest BCUT2D eigenvalue weighted by atomic mass is 16.4. The van der Waals surface area contributed by atoms with E-state index in [1.807, 2.05) is 24.6 Å². The van der Waals surface area contributed by atoms with Gasteiger partial charge in [-0.15, -0.1) is 0 Å². The third kappa shape index (κ3) is 4.88. The fourth-order valence-corrected chi connectivity index (χ4v) is 2.32. The number of aliphatic carboxylic acids is 1. The Kier molecular flexibility index (Phi) is 5.52. The summed E-state index contributed by atoms with van der Waals surface area (Å²) in [5.74, 6) is -2.55. The van der Waals surface area contributed by atoms with E-state index in [2.05, 4.69) is 10.4 Å². The Bertz CT molecular complexity index is 515. The minimum atomic E-state index is -1.08. The summed E-state index contributed by atoms with van der Waals surface area (Å²) < 4.78 is 1.89. The number of carboxylic acids is 1. The van der Waals surface area contributed by atoms with E-state index in [1.165, 1.54) is 0 Å². The van der Waals surface area contributed by atoms with Gasteiger partial charge in [0.15, 0.2) is 0 Å². The molecule has 1 aromatic heterocycles. The second-order valence-electron chi connectivity index (χ2n) is 6.43. The van der Waals surface area contributed by atoms with Crippen molar-refractivity contribution in [2.45, 2.75) is 47.6 Å². The highest BCUT2D eigenvalue weighted by Gasteiger charge is 2.37. The minimum Gasteiger partial charge on any atom is -0.481 e. The number of aryl methyl sites for hydroxylation is 3. The summed E-state index contributed by atoms with van der Waals surface area (Å²) in [7, 11) is 0. The molecule has 0 aliphatic heterocycles. The second-order valence-corrected chi connectivity index (χ2v) is 6.43. The fourth-order valence-electron chi connectivity index (χ4n) is 2.32. The molecule has 21 heavy (non-hydrogen) atoms. The van der Waals surface area contributed by atoms with Crippen LogP contribution in [-0.4, -0.2) is 33.3 Å². The van der Waals surface area contributed by atoms with Gasteiger partial charge in [0.1, 0.15) is 5.92 Å². The van der Waals surface area contributed by atoms with Gasteiger partial charge in [0.25, 0.3) is 0 Å². The van der Waals surface area contributed by atoms with Gasteiger partial charge < -0.3 is 10.4 Å². The first-order valence-corrected chi connectivity index (χ1v) is 7.14. The SMILES string of the molecule is Cc1cc(C)n(CCCNC(=O)C(C(=O)O)C(C)(C)C)n1. The van der Waals surface area contributed by atoms with Crippen LogP contribution in [0.2, 0.25) is 0 Å². The van der Waals surface area contributed by atoms with E-state index in [-0.39, 0.29) is 0 Å². The lowest BCUT2D eigenvalue weighted by Gasteiger charge is -2.25. The van der Waals surface area contributed by atoms with Crippen molar-refractivity contribution in [3.63, 3.8) is 0 Å². The molecule has 0 saturated carbocycles. The molecule has 1 heterocycles. The summed E-state index contributed by atoms with van der Waals surface area (Å²) in [5.41, 5.74) is 1.44. The molecule has 2 N–H and O–H groups in total. The van der Waals surface area contributed by atoms with Gasteiger partial charge in [-0.2, -0.15) is 5.10 Å². The summed E-state index contributed by atoms with van der Waals surface area (Å²) in [4.78, 5) is 23.2. The summed E-state index contributed by atoms with van der Waals surface area (Å²) >= 11 is 0. The topological polar surface area (TPSA) is 84.2 Å². The maximum absolute atomic E-state index is 12.0. The molecule has 0 radical (unpaired) electrons. The van der Waals surface area contributed by atoms with E-state index < -0.39 is 23.2 Å². The monoisotopic (exact) mass is 295 g/mol. The molecule has 118 valence electrons. The number of rotatable bonds is 6. The molecule has 6 heteroatoms.